The van der Waals surface area contributed by atoms with Gasteiger partial charge in [0.1, 0.15) is 6.10 Å². The highest BCUT2D eigenvalue weighted by Gasteiger charge is 2.15. The zero-order valence-electron chi connectivity index (χ0n) is 12.7. The minimum atomic E-state index is -0.330. The van der Waals surface area contributed by atoms with Crippen molar-refractivity contribution in [3.05, 3.63) is 0 Å². The minimum absolute atomic E-state index is 0.0209. The molecule has 2 N–H and O–H groups in total. The third kappa shape index (κ3) is 7.53. The molecule has 1 heterocycles. The maximum Gasteiger partial charge on any atom is 0.248 e. The lowest BCUT2D eigenvalue weighted by atomic mass is 9.96. The number of piperidine rings is 1. The van der Waals surface area contributed by atoms with Gasteiger partial charge in [0.25, 0.3) is 0 Å². The monoisotopic (exact) mass is 270 g/mol. The number of ether oxygens (including phenoxy) is 1. The van der Waals surface area contributed by atoms with Crippen molar-refractivity contribution in [1.82, 2.24) is 10.6 Å². The highest BCUT2D eigenvalue weighted by Crippen LogP contribution is 2.12. The molecule has 1 aliphatic rings. The summed E-state index contributed by atoms with van der Waals surface area (Å²) in [5.41, 5.74) is 0. The summed E-state index contributed by atoms with van der Waals surface area (Å²) in [5, 5.41) is 6.37. The van der Waals surface area contributed by atoms with Crippen LogP contribution < -0.4 is 10.6 Å². The van der Waals surface area contributed by atoms with E-state index in [0.29, 0.717) is 18.4 Å². The van der Waals surface area contributed by atoms with Crippen molar-refractivity contribution >= 4 is 5.91 Å². The smallest absolute Gasteiger partial charge is 0.248 e. The van der Waals surface area contributed by atoms with E-state index in [1.54, 1.807) is 0 Å². The molecule has 0 aliphatic carbocycles. The Balaban J connectivity index is 2.05. The first-order valence-electron chi connectivity index (χ1n) is 7.69. The van der Waals surface area contributed by atoms with Crippen LogP contribution in [0.4, 0.5) is 0 Å². The summed E-state index contributed by atoms with van der Waals surface area (Å²) < 4.78 is 5.53. The third-order valence-electron chi connectivity index (χ3n) is 3.68. The zero-order valence-corrected chi connectivity index (χ0v) is 12.7. The van der Waals surface area contributed by atoms with Crippen LogP contribution in [0.15, 0.2) is 0 Å². The van der Waals surface area contributed by atoms with Crippen LogP contribution in [-0.4, -0.2) is 38.3 Å². The Kier molecular flexibility index (Phi) is 8.07. The first-order valence-corrected chi connectivity index (χ1v) is 7.69. The predicted octanol–water partition coefficient (Wildman–Crippen LogP) is 1.94. The van der Waals surface area contributed by atoms with E-state index in [1.807, 2.05) is 6.92 Å². The number of hydrogen-bond acceptors (Lipinski definition) is 3. The van der Waals surface area contributed by atoms with Crippen LogP contribution in [0.3, 0.4) is 0 Å². The van der Waals surface area contributed by atoms with Crippen LogP contribution in [0.25, 0.3) is 0 Å². The summed E-state index contributed by atoms with van der Waals surface area (Å²) in [5.74, 6) is 1.35. The molecule has 4 nitrogen and oxygen atoms in total. The second-order valence-corrected chi connectivity index (χ2v) is 5.99. The topological polar surface area (TPSA) is 50.4 Å². The molecular weight excluding hydrogens is 240 g/mol. The van der Waals surface area contributed by atoms with Crippen molar-refractivity contribution in [2.24, 2.45) is 11.8 Å². The summed E-state index contributed by atoms with van der Waals surface area (Å²) in [7, 11) is 0. The van der Waals surface area contributed by atoms with Crippen LogP contribution >= 0.6 is 0 Å². The molecule has 0 aromatic rings. The molecule has 1 fully saturated rings. The summed E-state index contributed by atoms with van der Waals surface area (Å²) >= 11 is 0. The fourth-order valence-corrected chi connectivity index (χ4v) is 2.27. The second-order valence-electron chi connectivity index (χ2n) is 5.99. The SMILES string of the molecule is CC(C)CCOC(C)C(=O)NCCC1CCCNC1. The molecule has 0 aromatic heterocycles. The van der Waals surface area contributed by atoms with Gasteiger partial charge in [-0.2, -0.15) is 0 Å². The van der Waals surface area contributed by atoms with Crippen LogP contribution in [0.1, 0.15) is 46.5 Å². The van der Waals surface area contributed by atoms with Gasteiger partial charge in [0, 0.05) is 13.2 Å². The number of carbonyl (C=O) groups is 1. The lowest BCUT2D eigenvalue weighted by molar-refractivity contribution is -0.131. The molecule has 0 saturated carbocycles. The number of amides is 1. The lowest BCUT2D eigenvalue weighted by Crippen LogP contribution is -2.37. The lowest BCUT2D eigenvalue weighted by Gasteiger charge is -2.23. The van der Waals surface area contributed by atoms with Crippen molar-refractivity contribution in [2.75, 3.05) is 26.2 Å². The molecule has 2 unspecified atom stereocenters. The molecule has 0 radical (unpaired) electrons. The molecule has 0 spiro atoms. The Hall–Kier alpha value is -0.610. The van der Waals surface area contributed by atoms with Gasteiger partial charge in [0.05, 0.1) is 0 Å². The van der Waals surface area contributed by atoms with E-state index in [2.05, 4.69) is 24.5 Å². The van der Waals surface area contributed by atoms with Gasteiger partial charge in [-0.15, -0.1) is 0 Å². The average molecular weight is 270 g/mol. The summed E-state index contributed by atoms with van der Waals surface area (Å²) in [6, 6.07) is 0. The highest BCUT2D eigenvalue weighted by atomic mass is 16.5. The highest BCUT2D eigenvalue weighted by molar-refractivity contribution is 5.80. The number of carbonyl (C=O) groups excluding carboxylic acids is 1. The van der Waals surface area contributed by atoms with Crippen molar-refractivity contribution < 1.29 is 9.53 Å². The van der Waals surface area contributed by atoms with Gasteiger partial charge >= 0.3 is 0 Å². The van der Waals surface area contributed by atoms with Gasteiger partial charge in [-0.1, -0.05) is 13.8 Å². The standard InChI is InChI=1S/C15H30N2O2/c1-12(2)7-10-19-13(3)15(18)17-9-6-14-5-4-8-16-11-14/h12-14,16H,4-11H2,1-3H3,(H,17,18). The Morgan fingerprint density at radius 1 is 1.42 bits per heavy atom. The molecule has 4 heteroatoms. The summed E-state index contributed by atoms with van der Waals surface area (Å²) in [6.07, 6.45) is 4.28. The van der Waals surface area contributed by atoms with Gasteiger partial charge < -0.3 is 15.4 Å². The molecule has 1 amide bonds. The quantitative estimate of drug-likeness (QED) is 0.709. The van der Waals surface area contributed by atoms with Crippen LogP contribution in [0, 0.1) is 11.8 Å². The number of nitrogens with one attached hydrogen (secondary N) is 2. The molecule has 112 valence electrons. The molecule has 1 saturated heterocycles. The van der Waals surface area contributed by atoms with Crippen LogP contribution in [-0.2, 0) is 9.53 Å². The third-order valence-corrected chi connectivity index (χ3v) is 3.68. The summed E-state index contributed by atoms with van der Waals surface area (Å²) in [6.45, 7) is 9.82. The van der Waals surface area contributed by atoms with Gasteiger partial charge in [-0.3, -0.25) is 4.79 Å². The number of rotatable bonds is 8. The largest absolute Gasteiger partial charge is 0.369 e. The van der Waals surface area contributed by atoms with Crippen molar-refractivity contribution in [3.8, 4) is 0 Å². The van der Waals surface area contributed by atoms with Crippen LogP contribution in [0.5, 0.6) is 0 Å². The van der Waals surface area contributed by atoms with Crippen LogP contribution in [0.2, 0.25) is 0 Å². The number of hydrogen-bond donors (Lipinski definition) is 2. The first kappa shape index (κ1) is 16.4. The predicted molar refractivity (Wildman–Crippen MR) is 78.1 cm³/mol. The van der Waals surface area contributed by atoms with E-state index in [4.69, 9.17) is 4.74 Å². The summed E-state index contributed by atoms with van der Waals surface area (Å²) in [4.78, 5) is 11.8. The van der Waals surface area contributed by atoms with E-state index >= 15 is 0 Å². The fraction of sp³-hybridized carbons (Fsp3) is 0.933. The second kappa shape index (κ2) is 9.32. The molecule has 1 rings (SSSR count). The van der Waals surface area contributed by atoms with Gasteiger partial charge in [0.2, 0.25) is 5.91 Å². The molecule has 1 aliphatic heterocycles. The maximum absolute atomic E-state index is 11.8. The fourth-order valence-electron chi connectivity index (χ4n) is 2.27. The Morgan fingerprint density at radius 2 is 2.21 bits per heavy atom. The average Bonchev–Trinajstić information content (AvgIpc) is 2.39. The van der Waals surface area contributed by atoms with Crippen molar-refractivity contribution in [3.63, 3.8) is 0 Å². The molecule has 0 aromatic carbocycles. The van der Waals surface area contributed by atoms with E-state index in [-0.39, 0.29) is 12.0 Å². The van der Waals surface area contributed by atoms with E-state index in [0.717, 1.165) is 32.5 Å². The Bertz CT molecular complexity index is 251. The van der Waals surface area contributed by atoms with Crippen molar-refractivity contribution in [1.29, 1.82) is 0 Å². The molecule has 0 bridgehead atoms. The van der Waals surface area contributed by atoms with Gasteiger partial charge in [-0.25, -0.2) is 0 Å². The van der Waals surface area contributed by atoms with Crippen molar-refractivity contribution in [2.45, 2.75) is 52.6 Å². The molecular formula is C15H30N2O2. The normalized spacial score (nSPS) is 21.4. The Labute approximate surface area is 117 Å². The van der Waals surface area contributed by atoms with Gasteiger partial charge in [-0.05, 0) is 57.5 Å². The van der Waals surface area contributed by atoms with E-state index < -0.39 is 0 Å². The maximum atomic E-state index is 11.8. The van der Waals surface area contributed by atoms with E-state index in [1.165, 1.54) is 12.8 Å². The Morgan fingerprint density at radius 3 is 2.84 bits per heavy atom. The first-order chi connectivity index (χ1) is 9.09. The molecule has 2 atom stereocenters. The minimum Gasteiger partial charge on any atom is -0.369 e. The van der Waals surface area contributed by atoms with Gasteiger partial charge in [0.15, 0.2) is 0 Å². The van der Waals surface area contributed by atoms with E-state index in [9.17, 15) is 4.79 Å². The molecule has 19 heavy (non-hydrogen) atoms. The zero-order chi connectivity index (χ0) is 14.1.